The Hall–Kier alpha value is -3.71. The Bertz CT molecular complexity index is 1170. The predicted octanol–water partition coefficient (Wildman–Crippen LogP) is 4.41. The van der Waals surface area contributed by atoms with Gasteiger partial charge in [-0.05, 0) is 60.7 Å². The van der Waals surface area contributed by atoms with Gasteiger partial charge in [0.15, 0.2) is 0 Å². The van der Waals surface area contributed by atoms with Crippen molar-refractivity contribution in [2.75, 3.05) is 4.90 Å². The normalized spacial score (nSPS) is 15.7. The average molecular weight is 411 g/mol. The molecule has 1 aromatic heterocycles. The minimum atomic E-state index is -0.870. The summed E-state index contributed by atoms with van der Waals surface area (Å²) in [5.74, 6) is -1.36. The standard InChI is InChI=1S/C21H12ClFN2O4/c22-13-2-1-3-15(10-13)25-20(27)17(19(26)24-21(25)28)11-16-8-9-18(29-16)12-4-6-14(23)7-5-12/h1-11H,(H,24,26,28)/b17-11-. The maximum absolute atomic E-state index is 13.1. The van der Waals surface area contributed by atoms with E-state index in [0.717, 1.165) is 4.90 Å². The van der Waals surface area contributed by atoms with Gasteiger partial charge in [0.2, 0.25) is 0 Å². The van der Waals surface area contributed by atoms with E-state index in [1.54, 1.807) is 36.4 Å². The molecule has 6 nitrogen and oxygen atoms in total. The summed E-state index contributed by atoms with van der Waals surface area (Å²) in [5.41, 5.74) is 0.584. The number of imide groups is 2. The Labute approximate surface area is 169 Å². The molecule has 0 aliphatic carbocycles. The van der Waals surface area contributed by atoms with Crippen molar-refractivity contribution in [2.45, 2.75) is 0 Å². The fourth-order valence-electron chi connectivity index (χ4n) is 2.85. The first kappa shape index (κ1) is 18.6. The molecule has 144 valence electrons. The monoisotopic (exact) mass is 410 g/mol. The second-order valence-electron chi connectivity index (χ2n) is 6.15. The third-order valence-corrected chi connectivity index (χ3v) is 4.45. The smallest absolute Gasteiger partial charge is 0.335 e. The zero-order valence-corrected chi connectivity index (χ0v) is 15.4. The molecule has 4 amide bonds. The minimum Gasteiger partial charge on any atom is -0.457 e. The lowest BCUT2D eigenvalue weighted by Crippen LogP contribution is -2.54. The lowest BCUT2D eigenvalue weighted by atomic mass is 10.1. The maximum Gasteiger partial charge on any atom is 0.335 e. The molecule has 0 atom stereocenters. The first-order valence-corrected chi connectivity index (χ1v) is 8.83. The summed E-state index contributed by atoms with van der Waals surface area (Å²) in [6.45, 7) is 0. The molecule has 0 saturated carbocycles. The van der Waals surface area contributed by atoms with E-state index in [2.05, 4.69) is 5.32 Å². The van der Waals surface area contributed by atoms with E-state index in [-0.39, 0.29) is 22.8 Å². The van der Waals surface area contributed by atoms with E-state index in [1.807, 2.05) is 0 Å². The summed E-state index contributed by atoms with van der Waals surface area (Å²) in [4.78, 5) is 38.1. The van der Waals surface area contributed by atoms with Crippen molar-refractivity contribution in [3.8, 4) is 11.3 Å². The summed E-state index contributed by atoms with van der Waals surface area (Å²) < 4.78 is 18.7. The lowest BCUT2D eigenvalue weighted by molar-refractivity contribution is -0.122. The number of carbonyl (C=O) groups excluding carboxylic acids is 3. The highest BCUT2D eigenvalue weighted by Gasteiger charge is 2.37. The topological polar surface area (TPSA) is 79.6 Å². The number of hydrogen-bond donors (Lipinski definition) is 1. The van der Waals surface area contributed by atoms with Crippen LogP contribution in [0.2, 0.25) is 5.02 Å². The number of nitrogens with zero attached hydrogens (tertiary/aromatic N) is 1. The minimum absolute atomic E-state index is 0.225. The van der Waals surface area contributed by atoms with Gasteiger partial charge in [-0.2, -0.15) is 0 Å². The molecule has 3 aromatic rings. The number of hydrogen-bond acceptors (Lipinski definition) is 4. The van der Waals surface area contributed by atoms with Crippen LogP contribution in [-0.4, -0.2) is 17.8 Å². The van der Waals surface area contributed by atoms with E-state index in [9.17, 15) is 18.8 Å². The van der Waals surface area contributed by atoms with Crippen LogP contribution in [0, 0.1) is 5.82 Å². The van der Waals surface area contributed by atoms with Crippen LogP contribution in [0.25, 0.3) is 17.4 Å². The van der Waals surface area contributed by atoms with Gasteiger partial charge in [-0.1, -0.05) is 17.7 Å². The number of urea groups is 1. The van der Waals surface area contributed by atoms with Crippen LogP contribution in [0.1, 0.15) is 5.76 Å². The number of carbonyl (C=O) groups is 3. The number of halogens is 2. The van der Waals surface area contributed by atoms with Gasteiger partial charge in [0.05, 0.1) is 5.69 Å². The number of benzene rings is 2. The van der Waals surface area contributed by atoms with E-state index in [1.165, 1.54) is 30.3 Å². The molecule has 2 heterocycles. The summed E-state index contributed by atoms with van der Waals surface area (Å²) in [5, 5.41) is 2.46. The molecule has 0 bridgehead atoms. The molecule has 0 radical (unpaired) electrons. The number of rotatable bonds is 3. The van der Waals surface area contributed by atoms with Crippen LogP contribution >= 0.6 is 11.6 Å². The first-order valence-electron chi connectivity index (χ1n) is 8.45. The van der Waals surface area contributed by atoms with Crippen molar-refractivity contribution in [2.24, 2.45) is 0 Å². The Balaban J connectivity index is 1.67. The van der Waals surface area contributed by atoms with Crippen LogP contribution in [0.3, 0.4) is 0 Å². The van der Waals surface area contributed by atoms with Crippen molar-refractivity contribution < 1.29 is 23.2 Å². The molecule has 1 fully saturated rings. The molecule has 1 N–H and O–H groups in total. The molecule has 1 saturated heterocycles. The summed E-state index contributed by atoms with van der Waals surface area (Å²) in [6, 6.07) is 14.1. The lowest BCUT2D eigenvalue weighted by Gasteiger charge is -2.26. The molecule has 1 aliphatic rings. The molecule has 8 heteroatoms. The van der Waals surface area contributed by atoms with Gasteiger partial charge in [-0.3, -0.25) is 14.9 Å². The molecule has 29 heavy (non-hydrogen) atoms. The van der Waals surface area contributed by atoms with Crippen molar-refractivity contribution in [3.63, 3.8) is 0 Å². The summed E-state index contributed by atoms with van der Waals surface area (Å²) in [7, 11) is 0. The number of barbiturate groups is 1. The molecule has 1 aliphatic heterocycles. The summed E-state index contributed by atoms with van der Waals surface area (Å²) >= 11 is 5.94. The highest BCUT2D eigenvalue weighted by Crippen LogP contribution is 2.27. The van der Waals surface area contributed by atoms with Crippen molar-refractivity contribution in [1.29, 1.82) is 0 Å². The third kappa shape index (κ3) is 3.68. The molecule has 2 aromatic carbocycles. The van der Waals surface area contributed by atoms with Crippen molar-refractivity contribution >= 4 is 41.2 Å². The third-order valence-electron chi connectivity index (χ3n) is 4.21. The van der Waals surface area contributed by atoms with Crippen LogP contribution in [0.15, 0.2) is 70.7 Å². The van der Waals surface area contributed by atoms with Gasteiger partial charge in [-0.15, -0.1) is 0 Å². The molecular formula is C21H12ClFN2O4. The zero-order chi connectivity index (χ0) is 20.5. The number of amides is 4. The summed E-state index contributed by atoms with van der Waals surface area (Å²) in [6.07, 6.45) is 1.24. The van der Waals surface area contributed by atoms with E-state index in [0.29, 0.717) is 16.3 Å². The van der Waals surface area contributed by atoms with Gasteiger partial charge in [0, 0.05) is 10.6 Å². The Morgan fingerprint density at radius 3 is 2.48 bits per heavy atom. The van der Waals surface area contributed by atoms with Crippen LogP contribution < -0.4 is 10.2 Å². The molecule has 4 rings (SSSR count). The average Bonchev–Trinajstić information content (AvgIpc) is 3.14. The molecule has 0 spiro atoms. The van der Waals surface area contributed by atoms with Crippen LogP contribution in [-0.2, 0) is 9.59 Å². The first-order chi connectivity index (χ1) is 13.9. The number of anilines is 1. The van der Waals surface area contributed by atoms with E-state index < -0.39 is 17.8 Å². The Kier molecular flexibility index (Phi) is 4.74. The van der Waals surface area contributed by atoms with Crippen molar-refractivity contribution in [1.82, 2.24) is 5.32 Å². The quantitative estimate of drug-likeness (QED) is 0.512. The highest BCUT2D eigenvalue weighted by atomic mass is 35.5. The second kappa shape index (κ2) is 7.37. The van der Waals surface area contributed by atoms with Gasteiger partial charge < -0.3 is 4.42 Å². The Morgan fingerprint density at radius 1 is 1.00 bits per heavy atom. The van der Waals surface area contributed by atoms with Crippen LogP contribution in [0.4, 0.5) is 14.9 Å². The number of furan rings is 1. The maximum atomic E-state index is 13.1. The SMILES string of the molecule is O=C1NC(=O)N(c2cccc(Cl)c2)C(=O)/C1=C\c1ccc(-c2ccc(F)cc2)o1. The predicted molar refractivity (Wildman–Crippen MR) is 105 cm³/mol. The van der Waals surface area contributed by atoms with E-state index >= 15 is 0 Å². The van der Waals surface area contributed by atoms with E-state index in [4.69, 9.17) is 16.0 Å². The molecular weight excluding hydrogens is 399 g/mol. The van der Waals surface area contributed by atoms with Gasteiger partial charge in [0.1, 0.15) is 22.9 Å². The zero-order valence-electron chi connectivity index (χ0n) is 14.7. The second-order valence-corrected chi connectivity index (χ2v) is 6.58. The van der Waals surface area contributed by atoms with Gasteiger partial charge in [-0.25, -0.2) is 14.1 Å². The Morgan fingerprint density at radius 2 is 1.76 bits per heavy atom. The fraction of sp³-hybridized carbons (Fsp3) is 0. The van der Waals surface area contributed by atoms with Gasteiger partial charge in [0.25, 0.3) is 11.8 Å². The number of nitrogens with one attached hydrogen (secondary N) is 1. The fourth-order valence-corrected chi connectivity index (χ4v) is 3.03. The molecule has 0 unspecified atom stereocenters. The van der Waals surface area contributed by atoms with Crippen molar-refractivity contribution in [3.05, 3.63) is 82.8 Å². The van der Waals surface area contributed by atoms with Gasteiger partial charge >= 0.3 is 6.03 Å². The van der Waals surface area contributed by atoms with Crippen LogP contribution in [0.5, 0.6) is 0 Å². The largest absolute Gasteiger partial charge is 0.457 e. The highest BCUT2D eigenvalue weighted by molar-refractivity contribution is 6.39.